The molecule has 0 fully saturated rings. The van der Waals surface area contributed by atoms with Gasteiger partial charge in [0.1, 0.15) is 17.6 Å². The minimum Gasteiger partial charge on any atom is -0.496 e. The highest BCUT2D eigenvalue weighted by Gasteiger charge is 2.21. The first-order chi connectivity index (χ1) is 8.38. The monoisotopic (exact) mass is 232 g/mol. The van der Waals surface area contributed by atoms with E-state index < -0.39 is 0 Å². The molecule has 3 N–H and O–H groups in total. The van der Waals surface area contributed by atoms with E-state index in [1.165, 1.54) is 5.56 Å². The van der Waals surface area contributed by atoms with E-state index in [-0.39, 0.29) is 6.04 Å². The van der Waals surface area contributed by atoms with Crippen molar-refractivity contribution in [1.29, 1.82) is 0 Å². The second-order valence-electron chi connectivity index (χ2n) is 4.31. The minimum absolute atomic E-state index is 0.0524. The van der Waals surface area contributed by atoms with Crippen molar-refractivity contribution in [3.63, 3.8) is 0 Å². The van der Waals surface area contributed by atoms with Crippen molar-refractivity contribution in [2.75, 3.05) is 13.2 Å². The van der Waals surface area contributed by atoms with Crippen molar-refractivity contribution >= 4 is 0 Å². The molecule has 1 aromatic carbocycles. The standard InChI is InChI=1S/C13H16N2O2/c14-15-13(12-2-1-6-16-12)10-3-4-11-9(8-10)5-7-17-11/h2-4,8,13,15H,1,5-7,14H2. The van der Waals surface area contributed by atoms with E-state index in [9.17, 15) is 0 Å². The molecule has 90 valence electrons. The Bertz CT molecular complexity index is 457. The first kappa shape index (κ1) is 10.6. The van der Waals surface area contributed by atoms with Crippen LogP contribution in [0.1, 0.15) is 23.6 Å². The first-order valence-electron chi connectivity index (χ1n) is 5.93. The van der Waals surface area contributed by atoms with E-state index in [1.807, 2.05) is 12.1 Å². The molecule has 1 aromatic rings. The molecular weight excluding hydrogens is 216 g/mol. The second-order valence-corrected chi connectivity index (χ2v) is 4.31. The van der Waals surface area contributed by atoms with Crippen LogP contribution in [0.5, 0.6) is 5.75 Å². The Hall–Kier alpha value is -1.52. The van der Waals surface area contributed by atoms with Crippen LogP contribution < -0.4 is 16.0 Å². The number of nitrogens with two attached hydrogens (primary N) is 1. The number of nitrogens with one attached hydrogen (secondary N) is 1. The summed E-state index contributed by atoms with van der Waals surface area (Å²) in [5.41, 5.74) is 5.20. The summed E-state index contributed by atoms with van der Waals surface area (Å²) in [5.74, 6) is 7.54. The molecule has 2 heterocycles. The molecule has 4 nitrogen and oxygen atoms in total. The topological polar surface area (TPSA) is 56.5 Å². The van der Waals surface area contributed by atoms with E-state index >= 15 is 0 Å². The third-order valence-electron chi connectivity index (χ3n) is 3.23. The summed E-state index contributed by atoms with van der Waals surface area (Å²) in [7, 11) is 0. The van der Waals surface area contributed by atoms with Gasteiger partial charge in [-0.3, -0.25) is 5.84 Å². The van der Waals surface area contributed by atoms with E-state index in [0.29, 0.717) is 0 Å². The van der Waals surface area contributed by atoms with Crippen LogP contribution in [0.2, 0.25) is 0 Å². The van der Waals surface area contributed by atoms with Gasteiger partial charge in [0.2, 0.25) is 0 Å². The van der Waals surface area contributed by atoms with Crippen LogP contribution in [0.25, 0.3) is 0 Å². The van der Waals surface area contributed by atoms with Crippen LogP contribution >= 0.6 is 0 Å². The van der Waals surface area contributed by atoms with Crippen molar-refractivity contribution in [1.82, 2.24) is 5.43 Å². The van der Waals surface area contributed by atoms with Crippen LogP contribution in [0.4, 0.5) is 0 Å². The number of fused-ring (bicyclic) bond motifs is 1. The molecule has 1 unspecified atom stereocenters. The molecule has 0 aliphatic carbocycles. The van der Waals surface area contributed by atoms with Gasteiger partial charge in [-0.15, -0.1) is 0 Å². The lowest BCUT2D eigenvalue weighted by atomic mass is 10.0. The van der Waals surface area contributed by atoms with Crippen molar-refractivity contribution < 1.29 is 9.47 Å². The number of hydrazine groups is 1. The third-order valence-corrected chi connectivity index (χ3v) is 3.23. The van der Waals surface area contributed by atoms with Crippen LogP contribution in [-0.2, 0) is 11.2 Å². The predicted molar refractivity (Wildman–Crippen MR) is 64.4 cm³/mol. The van der Waals surface area contributed by atoms with Crippen LogP contribution in [0.15, 0.2) is 30.0 Å². The average Bonchev–Trinajstić information content (AvgIpc) is 2.99. The summed E-state index contributed by atoms with van der Waals surface area (Å²) >= 11 is 0. The maximum absolute atomic E-state index is 5.63. The predicted octanol–water partition coefficient (Wildman–Crippen LogP) is 1.43. The molecule has 2 aliphatic heterocycles. The Labute approximate surface area is 100 Å². The molecule has 0 radical (unpaired) electrons. The fourth-order valence-electron chi connectivity index (χ4n) is 2.37. The Kier molecular flexibility index (Phi) is 2.74. The zero-order valence-electron chi connectivity index (χ0n) is 9.61. The maximum atomic E-state index is 5.63. The van der Waals surface area contributed by atoms with Crippen LogP contribution in [0, 0.1) is 0 Å². The molecule has 17 heavy (non-hydrogen) atoms. The highest BCUT2D eigenvalue weighted by Crippen LogP contribution is 2.31. The molecule has 3 rings (SSSR count). The Morgan fingerprint density at radius 3 is 2.94 bits per heavy atom. The zero-order chi connectivity index (χ0) is 11.7. The van der Waals surface area contributed by atoms with Crippen LogP contribution in [-0.4, -0.2) is 13.2 Å². The molecule has 2 aliphatic rings. The van der Waals surface area contributed by atoms with Gasteiger partial charge in [0.25, 0.3) is 0 Å². The summed E-state index contributed by atoms with van der Waals surface area (Å²) in [6.07, 6.45) is 4.02. The number of hydrogen-bond acceptors (Lipinski definition) is 4. The van der Waals surface area contributed by atoms with E-state index in [4.69, 9.17) is 15.3 Å². The molecular formula is C13H16N2O2. The van der Waals surface area contributed by atoms with Crippen molar-refractivity contribution in [3.05, 3.63) is 41.2 Å². The van der Waals surface area contributed by atoms with Gasteiger partial charge in [0.15, 0.2) is 0 Å². The van der Waals surface area contributed by atoms with E-state index in [2.05, 4.69) is 17.6 Å². The Morgan fingerprint density at radius 1 is 1.24 bits per heavy atom. The summed E-state index contributed by atoms with van der Waals surface area (Å²) < 4.78 is 11.1. The van der Waals surface area contributed by atoms with E-state index in [1.54, 1.807) is 0 Å². The number of benzene rings is 1. The third kappa shape index (κ3) is 1.90. The lowest BCUT2D eigenvalue weighted by Crippen LogP contribution is -2.29. The Balaban J connectivity index is 1.91. The van der Waals surface area contributed by atoms with Crippen molar-refractivity contribution in [3.8, 4) is 5.75 Å². The minimum atomic E-state index is -0.0524. The average molecular weight is 232 g/mol. The van der Waals surface area contributed by atoms with E-state index in [0.717, 1.165) is 43.1 Å². The van der Waals surface area contributed by atoms with Gasteiger partial charge in [-0.1, -0.05) is 6.07 Å². The molecule has 0 bridgehead atoms. The Morgan fingerprint density at radius 2 is 2.18 bits per heavy atom. The second kappa shape index (κ2) is 4.39. The fourth-order valence-corrected chi connectivity index (χ4v) is 2.37. The smallest absolute Gasteiger partial charge is 0.122 e. The van der Waals surface area contributed by atoms with Gasteiger partial charge in [-0.25, -0.2) is 5.43 Å². The lowest BCUT2D eigenvalue weighted by Gasteiger charge is -2.18. The van der Waals surface area contributed by atoms with Gasteiger partial charge < -0.3 is 9.47 Å². The van der Waals surface area contributed by atoms with Gasteiger partial charge >= 0.3 is 0 Å². The van der Waals surface area contributed by atoms with Crippen molar-refractivity contribution in [2.45, 2.75) is 18.9 Å². The summed E-state index contributed by atoms with van der Waals surface area (Å²) in [6.45, 7) is 1.53. The molecule has 0 aromatic heterocycles. The largest absolute Gasteiger partial charge is 0.496 e. The summed E-state index contributed by atoms with van der Waals surface area (Å²) in [6, 6.07) is 6.15. The van der Waals surface area contributed by atoms with Crippen LogP contribution in [0.3, 0.4) is 0 Å². The van der Waals surface area contributed by atoms with Gasteiger partial charge in [-0.2, -0.15) is 0 Å². The maximum Gasteiger partial charge on any atom is 0.122 e. The normalized spacial score (nSPS) is 19.2. The fraction of sp³-hybridized carbons (Fsp3) is 0.385. The summed E-state index contributed by atoms with van der Waals surface area (Å²) in [4.78, 5) is 0. The van der Waals surface area contributed by atoms with Gasteiger partial charge in [-0.05, 0) is 29.3 Å². The highest BCUT2D eigenvalue weighted by molar-refractivity contribution is 5.42. The van der Waals surface area contributed by atoms with Gasteiger partial charge in [0.05, 0.1) is 13.2 Å². The highest BCUT2D eigenvalue weighted by atomic mass is 16.5. The number of hydrogen-bond donors (Lipinski definition) is 2. The zero-order valence-corrected chi connectivity index (χ0v) is 9.61. The quantitative estimate of drug-likeness (QED) is 0.611. The van der Waals surface area contributed by atoms with Crippen molar-refractivity contribution in [2.24, 2.45) is 5.84 Å². The van der Waals surface area contributed by atoms with Gasteiger partial charge in [0, 0.05) is 12.8 Å². The molecule has 0 saturated heterocycles. The molecule has 0 saturated carbocycles. The number of ether oxygens (including phenoxy) is 2. The molecule has 4 heteroatoms. The summed E-state index contributed by atoms with van der Waals surface area (Å²) in [5, 5.41) is 0. The molecule has 0 spiro atoms. The molecule has 1 atom stereocenters. The lowest BCUT2D eigenvalue weighted by molar-refractivity contribution is 0.215. The number of rotatable bonds is 3. The first-order valence-corrected chi connectivity index (χ1v) is 5.93. The SMILES string of the molecule is NNC(C1=CCCO1)c1ccc2c(c1)CCO2. The molecule has 0 amide bonds.